The second kappa shape index (κ2) is 6.08. The molecule has 0 aliphatic carbocycles. The van der Waals surface area contributed by atoms with Crippen LogP contribution in [0.1, 0.15) is 11.3 Å². The number of aromatic nitrogens is 2. The van der Waals surface area contributed by atoms with E-state index in [0.717, 1.165) is 25.2 Å². The molecule has 0 bridgehead atoms. The Morgan fingerprint density at radius 1 is 1.31 bits per heavy atom. The van der Waals surface area contributed by atoms with Crippen molar-refractivity contribution in [3.8, 4) is 0 Å². The zero-order valence-corrected chi connectivity index (χ0v) is 11.1. The second-order valence-electron chi connectivity index (χ2n) is 3.41. The summed E-state index contributed by atoms with van der Waals surface area (Å²) in [6.07, 6.45) is 1.01. The van der Waals surface area contributed by atoms with Crippen molar-refractivity contribution in [2.24, 2.45) is 0 Å². The maximum Gasteiger partial charge on any atom is 0.0893 e. The van der Waals surface area contributed by atoms with Crippen molar-refractivity contribution in [2.75, 3.05) is 6.54 Å². The van der Waals surface area contributed by atoms with E-state index in [1.807, 2.05) is 11.4 Å². The molecule has 0 spiro atoms. The smallest absolute Gasteiger partial charge is 0.0893 e. The van der Waals surface area contributed by atoms with Gasteiger partial charge in [-0.15, -0.1) is 5.10 Å². The number of hydrogen-bond acceptors (Lipinski definition) is 4. The van der Waals surface area contributed by atoms with Gasteiger partial charge in [-0.25, -0.2) is 0 Å². The molecule has 0 saturated heterocycles. The summed E-state index contributed by atoms with van der Waals surface area (Å²) in [6, 6.07) is 8.29. The van der Waals surface area contributed by atoms with Gasteiger partial charge in [0.05, 0.1) is 5.69 Å². The minimum absolute atomic E-state index is 0.793. The average molecular weight is 298 g/mol. The number of hydrogen-bond donors (Lipinski definition) is 1. The molecule has 3 nitrogen and oxygen atoms in total. The maximum absolute atomic E-state index is 3.98. The second-order valence-corrected chi connectivity index (χ2v) is 4.88. The van der Waals surface area contributed by atoms with Crippen molar-refractivity contribution < 1.29 is 0 Å². The van der Waals surface area contributed by atoms with E-state index in [1.165, 1.54) is 21.6 Å². The molecule has 5 heteroatoms. The highest BCUT2D eigenvalue weighted by molar-refractivity contribution is 9.10. The van der Waals surface area contributed by atoms with Crippen LogP contribution in [0.15, 0.2) is 34.1 Å². The fourth-order valence-electron chi connectivity index (χ4n) is 1.40. The van der Waals surface area contributed by atoms with Gasteiger partial charge < -0.3 is 5.32 Å². The number of nitrogens with zero attached hydrogens (tertiary/aromatic N) is 2. The van der Waals surface area contributed by atoms with Crippen LogP contribution in [-0.2, 0) is 13.0 Å². The lowest BCUT2D eigenvalue weighted by atomic mass is 10.1. The minimum Gasteiger partial charge on any atom is -0.311 e. The van der Waals surface area contributed by atoms with Crippen molar-refractivity contribution in [2.45, 2.75) is 13.0 Å². The van der Waals surface area contributed by atoms with E-state index in [2.05, 4.69) is 49.0 Å². The Morgan fingerprint density at radius 2 is 2.19 bits per heavy atom. The van der Waals surface area contributed by atoms with Crippen LogP contribution in [0, 0.1) is 0 Å². The summed E-state index contributed by atoms with van der Waals surface area (Å²) in [7, 11) is 0. The van der Waals surface area contributed by atoms with E-state index in [9.17, 15) is 0 Å². The molecule has 1 N–H and O–H groups in total. The number of benzene rings is 1. The molecule has 16 heavy (non-hydrogen) atoms. The van der Waals surface area contributed by atoms with Crippen LogP contribution >= 0.6 is 27.5 Å². The van der Waals surface area contributed by atoms with Crippen LogP contribution in [0.25, 0.3) is 0 Å². The van der Waals surface area contributed by atoms with Crippen LogP contribution in [0.2, 0.25) is 0 Å². The van der Waals surface area contributed by atoms with Gasteiger partial charge in [-0.05, 0) is 36.1 Å². The average Bonchev–Trinajstić information content (AvgIpc) is 2.79. The Kier molecular flexibility index (Phi) is 4.44. The van der Waals surface area contributed by atoms with Gasteiger partial charge in [-0.3, -0.25) is 0 Å². The minimum atomic E-state index is 0.793. The van der Waals surface area contributed by atoms with Gasteiger partial charge in [0.1, 0.15) is 0 Å². The Balaban J connectivity index is 1.74. The van der Waals surface area contributed by atoms with E-state index in [-0.39, 0.29) is 0 Å². The summed E-state index contributed by atoms with van der Waals surface area (Å²) in [5.41, 5.74) is 2.34. The van der Waals surface area contributed by atoms with Crippen molar-refractivity contribution >= 4 is 27.5 Å². The number of nitrogens with one attached hydrogen (secondary N) is 1. The zero-order chi connectivity index (χ0) is 11.2. The van der Waals surface area contributed by atoms with Crippen LogP contribution in [0.4, 0.5) is 0 Å². The number of halogens is 1. The summed E-state index contributed by atoms with van der Waals surface area (Å²) < 4.78 is 4.99. The maximum atomic E-state index is 3.98. The first-order valence-electron chi connectivity index (χ1n) is 5.06. The Labute approximate surface area is 107 Å². The van der Waals surface area contributed by atoms with Gasteiger partial charge in [0.25, 0.3) is 0 Å². The van der Waals surface area contributed by atoms with Gasteiger partial charge in [0.2, 0.25) is 0 Å². The predicted octanol–water partition coefficient (Wildman–Crippen LogP) is 2.63. The zero-order valence-electron chi connectivity index (χ0n) is 8.69. The van der Waals surface area contributed by atoms with E-state index in [0.29, 0.717) is 0 Å². The van der Waals surface area contributed by atoms with Crippen molar-refractivity contribution in [3.05, 3.63) is 45.4 Å². The molecule has 0 aliphatic heterocycles. The first kappa shape index (κ1) is 11.7. The molecular formula is C11H12BrN3S. The molecule has 1 aromatic heterocycles. The fourth-order valence-corrected chi connectivity index (χ4v) is 2.34. The summed E-state index contributed by atoms with van der Waals surface area (Å²) in [6.45, 7) is 1.74. The SMILES string of the molecule is Brc1ccccc1CCNCc1csnn1. The molecule has 0 radical (unpaired) electrons. The molecule has 0 aliphatic rings. The number of rotatable bonds is 5. The molecule has 0 atom stereocenters. The quantitative estimate of drug-likeness (QED) is 0.862. The fraction of sp³-hybridized carbons (Fsp3) is 0.273. The van der Waals surface area contributed by atoms with Crippen molar-refractivity contribution in [3.63, 3.8) is 0 Å². The van der Waals surface area contributed by atoms with Crippen molar-refractivity contribution in [1.29, 1.82) is 0 Å². The van der Waals surface area contributed by atoms with Gasteiger partial charge in [0, 0.05) is 16.4 Å². The Bertz CT molecular complexity index is 431. The topological polar surface area (TPSA) is 37.8 Å². The highest BCUT2D eigenvalue weighted by Gasteiger charge is 1.99. The lowest BCUT2D eigenvalue weighted by Crippen LogP contribution is -2.17. The van der Waals surface area contributed by atoms with E-state index in [4.69, 9.17) is 0 Å². The Hall–Kier alpha value is -0.780. The van der Waals surface area contributed by atoms with Crippen LogP contribution in [0.5, 0.6) is 0 Å². The highest BCUT2D eigenvalue weighted by Crippen LogP contribution is 2.15. The monoisotopic (exact) mass is 297 g/mol. The van der Waals surface area contributed by atoms with Crippen molar-refractivity contribution in [1.82, 2.24) is 14.9 Å². The van der Waals surface area contributed by atoms with Crippen LogP contribution in [-0.4, -0.2) is 16.1 Å². The van der Waals surface area contributed by atoms with Gasteiger partial charge in [0.15, 0.2) is 0 Å². The molecule has 0 amide bonds. The van der Waals surface area contributed by atoms with Gasteiger partial charge in [-0.2, -0.15) is 0 Å². The van der Waals surface area contributed by atoms with E-state index in [1.54, 1.807) is 0 Å². The molecule has 1 aromatic carbocycles. The van der Waals surface area contributed by atoms with E-state index < -0.39 is 0 Å². The first-order chi connectivity index (χ1) is 7.86. The van der Waals surface area contributed by atoms with E-state index >= 15 is 0 Å². The largest absolute Gasteiger partial charge is 0.311 e. The Morgan fingerprint density at radius 3 is 2.94 bits per heavy atom. The lowest BCUT2D eigenvalue weighted by Gasteiger charge is -2.04. The molecule has 2 aromatic rings. The first-order valence-corrected chi connectivity index (χ1v) is 6.69. The molecule has 2 rings (SSSR count). The van der Waals surface area contributed by atoms with Crippen LogP contribution in [0.3, 0.4) is 0 Å². The molecule has 84 valence electrons. The summed E-state index contributed by atoms with van der Waals surface area (Å²) in [5, 5.41) is 9.29. The lowest BCUT2D eigenvalue weighted by molar-refractivity contribution is 0.672. The third-order valence-electron chi connectivity index (χ3n) is 2.24. The summed E-state index contributed by atoms with van der Waals surface area (Å²) in [5.74, 6) is 0. The molecule has 1 heterocycles. The van der Waals surface area contributed by atoms with Gasteiger partial charge >= 0.3 is 0 Å². The standard InChI is InChI=1S/C11H12BrN3S/c12-11-4-2-1-3-9(11)5-6-13-7-10-8-16-15-14-10/h1-4,8,13H,5-7H2. The highest BCUT2D eigenvalue weighted by atomic mass is 79.9. The van der Waals surface area contributed by atoms with Gasteiger partial charge in [-0.1, -0.05) is 38.6 Å². The third-order valence-corrected chi connectivity index (χ3v) is 3.57. The third kappa shape index (κ3) is 3.37. The predicted molar refractivity (Wildman–Crippen MR) is 69.5 cm³/mol. The summed E-state index contributed by atoms with van der Waals surface area (Å²) >= 11 is 4.93. The molecular weight excluding hydrogens is 286 g/mol. The molecule has 0 saturated carbocycles. The molecule has 0 unspecified atom stereocenters. The molecule has 0 fully saturated rings. The van der Waals surface area contributed by atoms with Crippen LogP contribution < -0.4 is 5.32 Å². The summed E-state index contributed by atoms with van der Waals surface area (Å²) in [4.78, 5) is 0. The normalized spacial score (nSPS) is 10.6.